The summed E-state index contributed by atoms with van der Waals surface area (Å²) in [6.07, 6.45) is 1.57. The Balaban J connectivity index is 2.04. The van der Waals surface area contributed by atoms with Gasteiger partial charge in [0, 0.05) is 12.6 Å². The first-order valence-electron chi connectivity index (χ1n) is 5.73. The maximum atomic E-state index is 13.1. The molecule has 4 heteroatoms. The molecule has 0 saturated heterocycles. The highest BCUT2D eigenvalue weighted by Gasteiger charge is 2.59. The number of halogens is 2. The second kappa shape index (κ2) is 3.06. The van der Waals surface area contributed by atoms with Gasteiger partial charge in [-0.2, -0.15) is 0 Å². The second-order valence-corrected chi connectivity index (χ2v) is 5.06. The van der Waals surface area contributed by atoms with Crippen LogP contribution < -0.4 is 4.90 Å². The van der Waals surface area contributed by atoms with Crippen LogP contribution in [0.5, 0.6) is 0 Å². The number of rotatable bonds is 2. The number of amides is 1. The van der Waals surface area contributed by atoms with Gasteiger partial charge < -0.3 is 4.90 Å². The van der Waals surface area contributed by atoms with Crippen molar-refractivity contribution in [1.29, 1.82) is 0 Å². The predicted octanol–water partition coefficient (Wildman–Crippen LogP) is 2.72. The van der Waals surface area contributed by atoms with E-state index in [0.717, 1.165) is 25.3 Å². The smallest absolute Gasteiger partial charge is 0.263 e. The molecule has 1 spiro atoms. The van der Waals surface area contributed by atoms with Gasteiger partial charge >= 0.3 is 0 Å². The molecule has 0 unspecified atom stereocenters. The fourth-order valence-electron chi connectivity index (χ4n) is 2.64. The number of fused-ring (bicyclic) bond motifs is 2. The zero-order valence-corrected chi connectivity index (χ0v) is 9.54. The molecule has 90 valence electrons. The van der Waals surface area contributed by atoms with Crippen molar-refractivity contribution >= 4 is 11.6 Å². The molecule has 1 saturated carbocycles. The Morgan fingerprint density at radius 3 is 2.59 bits per heavy atom. The zero-order valence-electron chi connectivity index (χ0n) is 9.54. The largest absolute Gasteiger partial charge is 0.305 e. The van der Waals surface area contributed by atoms with E-state index < -0.39 is 17.9 Å². The normalized spacial score (nSPS) is 20.9. The molecule has 0 radical (unpaired) electrons. The molecule has 2 nitrogen and oxygen atoms in total. The fourth-order valence-corrected chi connectivity index (χ4v) is 2.64. The quantitative estimate of drug-likeness (QED) is 0.774. The third kappa shape index (κ3) is 1.47. The first-order valence-corrected chi connectivity index (χ1v) is 5.73. The van der Waals surface area contributed by atoms with E-state index in [-0.39, 0.29) is 5.91 Å². The molecular weight excluding hydrogens is 224 g/mol. The van der Waals surface area contributed by atoms with E-state index in [0.29, 0.717) is 5.69 Å². The van der Waals surface area contributed by atoms with Gasteiger partial charge in [-0.25, -0.2) is 8.78 Å². The SMILES string of the molecule is CC(F)(F)CN1C(=O)C2(CC2)c2ccccc21. The van der Waals surface area contributed by atoms with Gasteiger partial charge in [0.2, 0.25) is 5.91 Å². The summed E-state index contributed by atoms with van der Waals surface area (Å²) in [5, 5.41) is 0. The summed E-state index contributed by atoms with van der Waals surface area (Å²) in [6, 6.07) is 7.29. The first kappa shape index (κ1) is 10.7. The Kier molecular flexibility index (Phi) is 1.92. The van der Waals surface area contributed by atoms with Gasteiger partial charge in [-0.1, -0.05) is 18.2 Å². The van der Waals surface area contributed by atoms with E-state index in [1.54, 1.807) is 12.1 Å². The van der Waals surface area contributed by atoms with Crippen molar-refractivity contribution in [3.05, 3.63) is 29.8 Å². The van der Waals surface area contributed by atoms with E-state index in [4.69, 9.17) is 0 Å². The highest BCUT2D eigenvalue weighted by Crippen LogP contribution is 2.57. The first-order chi connectivity index (χ1) is 7.94. The van der Waals surface area contributed by atoms with Crippen LogP contribution in [-0.2, 0) is 10.2 Å². The average Bonchev–Trinajstić information content (AvgIpc) is 3.01. The average molecular weight is 237 g/mol. The number of carbonyl (C=O) groups is 1. The van der Waals surface area contributed by atoms with Crippen LogP contribution in [-0.4, -0.2) is 18.4 Å². The third-order valence-corrected chi connectivity index (χ3v) is 3.55. The predicted molar refractivity (Wildman–Crippen MR) is 60.3 cm³/mol. The van der Waals surface area contributed by atoms with Gasteiger partial charge in [0.05, 0.1) is 12.0 Å². The molecule has 0 atom stereocenters. The van der Waals surface area contributed by atoms with Crippen LogP contribution in [0.2, 0.25) is 0 Å². The minimum absolute atomic E-state index is 0.153. The van der Waals surface area contributed by atoms with Crippen LogP contribution in [0.1, 0.15) is 25.3 Å². The summed E-state index contributed by atoms with van der Waals surface area (Å²) in [7, 11) is 0. The number of hydrogen-bond donors (Lipinski definition) is 0. The fraction of sp³-hybridized carbons (Fsp3) is 0.462. The molecule has 1 heterocycles. The Morgan fingerprint density at radius 2 is 2.00 bits per heavy atom. The van der Waals surface area contributed by atoms with Crippen molar-refractivity contribution in [3.63, 3.8) is 0 Å². The van der Waals surface area contributed by atoms with Crippen molar-refractivity contribution < 1.29 is 13.6 Å². The van der Waals surface area contributed by atoms with Crippen molar-refractivity contribution in [2.45, 2.75) is 31.1 Å². The van der Waals surface area contributed by atoms with Crippen LogP contribution in [0.15, 0.2) is 24.3 Å². The molecule has 1 fully saturated rings. The molecule has 1 aliphatic carbocycles. The molecule has 0 N–H and O–H groups in total. The van der Waals surface area contributed by atoms with E-state index in [9.17, 15) is 13.6 Å². The van der Waals surface area contributed by atoms with Crippen LogP contribution >= 0.6 is 0 Å². The van der Waals surface area contributed by atoms with Gasteiger partial charge in [0.15, 0.2) is 0 Å². The zero-order chi connectivity index (χ0) is 12.3. The molecule has 1 amide bonds. The molecule has 2 aliphatic rings. The second-order valence-electron chi connectivity index (χ2n) is 5.06. The molecule has 1 aromatic rings. The maximum Gasteiger partial charge on any atom is 0.263 e. The summed E-state index contributed by atoms with van der Waals surface area (Å²) in [4.78, 5) is 13.5. The van der Waals surface area contributed by atoms with Crippen molar-refractivity contribution in [2.24, 2.45) is 0 Å². The number of para-hydroxylation sites is 1. The molecule has 0 bridgehead atoms. The molecule has 3 rings (SSSR count). The van der Waals surface area contributed by atoms with Crippen molar-refractivity contribution in [3.8, 4) is 0 Å². The van der Waals surface area contributed by atoms with Crippen LogP contribution in [0, 0.1) is 0 Å². The standard InChI is InChI=1S/C13H13F2NO/c1-12(14,15)8-16-10-5-3-2-4-9(10)13(6-7-13)11(16)17/h2-5H,6-8H2,1H3. The number of carbonyl (C=O) groups excluding carboxylic acids is 1. The van der Waals surface area contributed by atoms with E-state index in [1.807, 2.05) is 12.1 Å². The Hall–Kier alpha value is -1.45. The molecule has 1 aliphatic heterocycles. The molecule has 17 heavy (non-hydrogen) atoms. The van der Waals surface area contributed by atoms with Gasteiger partial charge in [-0.3, -0.25) is 4.79 Å². The van der Waals surface area contributed by atoms with Crippen LogP contribution in [0.25, 0.3) is 0 Å². The van der Waals surface area contributed by atoms with Gasteiger partial charge in [0.25, 0.3) is 5.92 Å². The minimum Gasteiger partial charge on any atom is -0.305 e. The molecular formula is C13H13F2NO. The summed E-state index contributed by atoms with van der Waals surface area (Å²) >= 11 is 0. The summed E-state index contributed by atoms with van der Waals surface area (Å²) in [5.41, 5.74) is 1.12. The molecule has 1 aromatic carbocycles. The third-order valence-electron chi connectivity index (χ3n) is 3.55. The Labute approximate surface area is 98.2 Å². The van der Waals surface area contributed by atoms with Gasteiger partial charge in [0.1, 0.15) is 0 Å². The van der Waals surface area contributed by atoms with E-state index in [1.165, 1.54) is 4.90 Å². The summed E-state index contributed by atoms with van der Waals surface area (Å²) < 4.78 is 26.2. The van der Waals surface area contributed by atoms with E-state index >= 15 is 0 Å². The maximum absolute atomic E-state index is 13.1. The summed E-state index contributed by atoms with van der Waals surface area (Å²) in [5.74, 6) is -3.01. The number of hydrogen-bond acceptors (Lipinski definition) is 1. The van der Waals surface area contributed by atoms with Crippen molar-refractivity contribution in [1.82, 2.24) is 0 Å². The highest BCUT2D eigenvalue weighted by atomic mass is 19.3. The lowest BCUT2D eigenvalue weighted by Gasteiger charge is -2.21. The number of alkyl halides is 2. The lowest BCUT2D eigenvalue weighted by molar-refractivity contribution is -0.121. The van der Waals surface area contributed by atoms with Crippen molar-refractivity contribution in [2.75, 3.05) is 11.4 Å². The number of benzene rings is 1. The molecule has 0 aromatic heterocycles. The van der Waals surface area contributed by atoms with E-state index in [2.05, 4.69) is 0 Å². The Bertz CT molecular complexity index is 488. The number of anilines is 1. The lowest BCUT2D eigenvalue weighted by atomic mass is 9.98. The van der Waals surface area contributed by atoms with Crippen LogP contribution in [0.3, 0.4) is 0 Å². The van der Waals surface area contributed by atoms with Crippen LogP contribution in [0.4, 0.5) is 14.5 Å². The minimum atomic E-state index is -2.86. The topological polar surface area (TPSA) is 20.3 Å². The van der Waals surface area contributed by atoms with Gasteiger partial charge in [-0.05, 0) is 24.5 Å². The summed E-state index contributed by atoms with van der Waals surface area (Å²) in [6.45, 7) is 0.325. The lowest BCUT2D eigenvalue weighted by Crippen LogP contribution is -2.39. The van der Waals surface area contributed by atoms with Gasteiger partial charge in [-0.15, -0.1) is 0 Å². The number of nitrogens with zero attached hydrogens (tertiary/aromatic N) is 1. The monoisotopic (exact) mass is 237 g/mol. The highest BCUT2D eigenvalue weighted by molar-refractivity contribution is 6.10. The Morgan fingerprint density at radius 1 is 1.35 bits per heavy atom.